The van der Waals surface area contributed by atoms with Gasteiger partial charge in [-0.3, -0.25) is 14.5 Å². The van der Waals surface area contributed by atoms with Crippen LogP contribution in [0.2, 0.25) is 0 Å². The summed E-state index contributed by atoms with van der Waals surface area (Å²) in [6.07, 6.45) is 1.29. The van der Waals surface area contributed by atoms with Crippen LogP contribution in [0.15, 0.2) is 47.2 Å². The number of hydrogen-bond donors (Lipinski definition) is 1. The molecule has 0 bridgehead atoms. The number of nitrogens with zero attached hydrogens (tertiary/aromatic N) is 2. The Morgan fingerprint density at radius 1 is 1.04 bits per heavy atom. The maximum absolute atomic E-state index is 12.3. The summed E-state index contributed by atoms with van der Waals surface area (Å²) in [6.45, 7) is 4.70. The number of carbonyl (C=O) groups is 2. The molecule has 3 rings (SSSR count). The Kier molecular flexibility index (Phi) is 6.80. The molecule has 26 heavy (non-hydrogen) atoms. The summed E-state index contributed by atoms with van der Waals surface area (Å²) in [5, 5.41) is 6.83. The molecule has 0 atom stereocenters. The van der Waals surface area contributed by atoms with Gasteiger partial charge in [0.1, 0.15) is 0 Å². The number of hydrogen-bond acceptors (Lipinski definition) is 4. The first kappa shape index (κ1) is 18.6. The minimum Gasteiger partial charge on any atom is -0.355 e. The highest BCUT2D eigenvalue weighted by Crippen LogP contribution is 2.11. The van der Waals surface area contributed by atoms with Crippen LogP contribution in [0.4, 0.5) is 0 Å². The van der Waals surface area contributed by atoms with Crippen LogP contribution in [0.1, 0.15) is 22.3 Å². The van der Waals surface area contributed by atoms with Gasteiger partial charge in [-0.2, -0.15) is 11.3 Å². The van der Waals surface area contributed by atoms with Crippen LogP contribution >= 0.6 is 11.3 Å². The average Bonchev–Trinajstić information content (AvgIpc) is 3.22. The third-order valence-electron chi connectivity index (χ3n) is 4.66. The first-order valence-electron chi connectivity index (χ1n) is 9.07. The Hall–Kier alpha value is -2.18. The van der Waals surface area contributed by atoms with E-state index < -0.39 is 0 Å². The molecule has 1 aromatic carbocycles. The topological polar surface area (TPSA) is 52.7 Å². The number of rotatable bonds is 7. The molecule has 5 nitrogen and oxygen atoms in total. The van der Waals surface area contributed by atoms with Gasteiger partial charge in [0.2, 0.25) is 5.91 Å². The predicted molar refractivity (Wildman–Crippen MR) is 104 cm³/mol. The Balaban J connectivity index is 1.30. The molecule has 0 saturated carbocycles. The number of amides is 2. The van der Waals surface area contributed by atoms with Gasteiger partial charge in [-0.25, -0.2) is 0 Å². The van der Waals surface area contributed by atoms with Gasteiger partial charge in [0, 0.05) is 51.1 Å². The molecule has 0 aliphatic carbocycles. The Morgan fingerprint density at radius 3 is 2.50 bits per heavy atom. The quantitative estimate of drug-likeness (QED) is 0.812. The van der Waals surface area contributed by atoms with Crippen molar-refractivity contribution in [3.63, 3.8) is 0 Å². The molecule has 1 aromatic heterocycles. The van der Waals surface area contributed by atoms with Crippen molar-refractivity contribution in [1.29, 1.82) is 0 Å². The molecule has 1 N–H and O–H groups in total. The van der Waals surface area contributed by atoms with Gasteiger partial charge in [0.05, 0.1) is 5.56 Å². The second-order valence-corrected chi connectivity index (χ2v) is 7.26. The first-order chi connectivity index (χ1) is 12.7. The number of piperazine rings is 1. The Labute approximate surface area is 158 Å². The van der Waals surface area contributed by atoms with Crippen molar-refractivity contribution in [3.8, 4) is 0 Å². The largest absolute Gasteiger partial charge is 0.355 e. The van der Waals surface area contributed by atoms with Crippen LogP contribution in [-0.2, 0) is 11.2 Å². The average molecular weight is 372 g/mol. The summed E-state index contributed by atoms with van der Waals surface area (Å²) < 4.78 is 0. The van der Waals surface area contributed by atoms with E-state index in [1.54, 1.807) is 11.3 Å². The summed E-state index contributed by atoms with van der Waals surface area (Å²) in [5.41, 5.74) is 1.98. The molecule has 1 saturated heterocycles. The van der Waals surface area contributed by atoms with Gasteiger partial charge in [-0.15, -0.1) is 0 Å². The molecule has 0 spiro atoms. The zero-order valence-electron chi connectivity index (χ0n) is 14.9. The highest BCUT2D eigenvalue weighted by atomic mass is 32.1. The highest BCUT2D eigenvalue weighted by Gasteiger charge is 2.22. The number of carbonyl (C=O) groups excluding carboxylic acids is 2. The van der Waals surface area contributed by atoms with Crippen LogP contribution in [0.25, 0.3) is 0 Å². The third-order valence-corrected chi connectivity index (χ3v) is 5.34. The highest BCUT2D eigenvalue weighted by molar-refractivity contribution is 7.08. The molecule has 0 radical (unpaired) electrons. The summed E-state index contributed by atoms with van der Waals surface area (Å²) in [7, 11) is 0. The van der Waals surface area contributed by atoms with E-state index in [0.717, 1.165) is 44.7 Å². The Bertz CT molecular complexity index is 695. The van der Waals surface area contributed by atoms with Crippen LogP contribution in [0.3, 0.4) is 0 Å². The zero-order chi connectivity index (χ0) is 18.2. The van der Waals surface area contributed by atoms with Gasteiger partial charge in [-0.1, -0.05) is 30.3 Å². The second kappa shape index (κ2) is 9.50. The molecule has 2 heterocycles. The van der Waals surface area contributed by atoms with E-state index in [1.165, 1.54) is 5.56 Å². The summed E-state index contributed by atoms with van der Waals surface area (Å²) in [4.78, 5) is 28.5. The van der Waals surface area contributed by atoms with E-state index in [9.17, 15) is 9.59 Å². The minimum absolute atomic E-state index is 0.0973. The van der Waals surface area contributed by atoms with Gasteiger partial charge in [-0.05, 0) is 23.4 Å². The van der Waals surface area contributed by atoms with Crippen molar-refractivity contribution in [1.82, 2.24) is 15.1 Å². The maximum atomic E-state index is 12.3. The van der Waals surface area contributed by atoms with Gasteiger partial charge in [0.25, 0.3) is 5.91 Å². The molecule has 6 heteroatoms. The molecule has 1 aliphatic heterocycles. The molecule has 1 aliphatic rings. The third kappa shape index (κ3) is 5.41. The van der Waals surface area contributed by atoms with E-state index in [-0.39, 0.29) is 11.8 Å². The molecular formula is C20H25N3O2S. The monoisotopic (exact) mass is 371 g/mol. The van der Waals surface area contributed by atoms with Crippen LogP contribution in [-0.4, -0.2) is 60.9 Å². The fraction of sp³-hybridized carbons (Fsp3) is 0.400. The van der Waals surface area contributed by atoms with Crippen LogP contribution in [0.5, 0.6) is 0 Å². The van der Waals surface area contributed by atoms with Gasteiger partial charge >= 0.3 is 0 Å². The zero-order valence-corrected chi connectivity index (χ0v) is 15.7. The van der Waals surface area contributed by atoms with Crippen molar-refractivity contribution in [2.45, 2.75) is 12.8 Å². The van der Waals surface area contributed by atoms with Crippen molar-refractivity contribution >= 4 is 23.2 Å². The SMILES string of the molecule is O=C(CCc1ccccc1)NCCN1CCN(C(=O)c2ccsc2)CC1. The fourth-order valence-corrected chi connectivity index (χ4v) is 3.72. The summed E-state index contributed by atoms with van der Waals surface area (Å²) in [5.74, 6) is 0.222. The Morgan fingerprint density at radius 2 is 1.81 bits per heavy atom. The van der Waals surface area contributed by atoms with E-state index in [4.69, 9.17) is 0 Å². The minimum atomic E-state index is 0.0973. The van der Waals surface area contributed by atoms with E-state index in [0.29, 0.717) is 13.0 Å². The fourth-order valence-electron chi connectivity index (χ4n) is 3.09. The lowest BCUT2D eigenvalue weighted by molar-refractivity contribution is -0.121. The predicted octanol–water partition coefficient (Wildman–Crippen LogP) is 2.25. The van der Waals surface area contributed by atoms with Crippen LogP contribution in [0, 0.1) is 0 Å². The van der Waals surface area contributed by atoms with E-state index >= 15 is 0 Å². The lowest BCUT2D eigenvalue weighted by Gasteiger charge is -2.34. The van der Waals surface area contributed by atoms with E-state index in [1.807, 2.05) is 52.1 Å². The van der Waals surface area contributed by atoms with Gasteiger partial charge < -0.3 is 10.2 Å². The standard InChI is InChI=1S/C20H25N3O2S/c24-19(7-6-17-4-2-1-3-5-17)21-9-10-22-11-13-23(14-12-22)20(25)18-8-15-26-16-18/h1-5,8,15-16H,6-7,9-14H2,(H,21,24). The lowest BCUT2D eigenvalue weighted by atomic mass is 10.1. The lowest BCUT2D eigenvalue weighted by Crippen LogP contribution is -2.50. The molecule has 2 amide bonds. The van der Waals surface area contributed by atoms with Gasteiger partial charge in [0.15, 0.2) is 0 Å². The number of thiophene rings is 1. The molecular weight excluding hydrogens is 346 g/mol. The number of aryl methyl sites for hydroxylation is 1. The maximum Gasteiger partial charge on any atom is 0.254 e. The van der Waals surface area contributed by atoms with Crippen molar-refractivity contribution in [2.24, 2.45) is 0 Å². The normalized spacial score (nSPS) is 15.0. The molecule has 2 aromatic rings. The van der Waals surface area contributed by atoms with Crippen molar-refractivity contribution < 1.29 is 9.59 Å². The van der Waals surface area contributed by atoms with Crippen molar-refractivity contribution in [3.05, 3.63) is 58.3 Å². The van der Waals surface area contributed by atoms with E-state index in [2.05, 4.69) is 10.2 Å². The molecule has 0 unspecified atom stereocenters. The smallest absolute Gasteiger partial charge is 0.254 e. The molecule has 1 fully saturated rings. The summed E-state index contributed by atoms with van der Waals surface area (Å²) in [6, 6.07) is 11.9. The first-order valence-corrected chi connectivity index (χ1v) is 10.0. The van der Waals surface area contributed by atoms with Crippen molar-refractivity contribution in [2.75, 3.05) is 39.3 Å². The van der Waals surface area contributed by atoms with Crippen LogP contribution < -0.4 is 5.32 Å². The summed E-state index contributed by atoms with van der Waals surface area (Å²) >= 11 is 1.55. The second-order valence-electron chi connectivity index (χ2n) is 6.48. The molecule has 138 valence electrons. The number of nitrogens with one attached hydrogen (secondary N) is 1. The number of benzene rings is 1.